The van der Waals surface area contributed by atoms with Gasteiger partial charge in [0.05, 0.1) is 24.9 Å². The van der Waals surface area contributed by atoms with E-state index < -0.39 is 11.6 Å². The fourth-order valence-corrected chi connectivity index (χ4v) is 6.39. The van der Waals surface area contributed by atoms with Gasteiger partial charge in [0.25, 0.3) is 5.91 Å². The number of ether oxygens (including phenoxy) is 2. The maximum absolute atomic E-state index is 14.5. The van der Waals surface area contributed by atoms with Crippen LogP contribution in [0.5, 0.6) is 5.75 Å². The van der Waals surface area contributed by atoms with E-state index in [2.05, 4.69) is 11.9 Å². The molecule has 1 heterocycles. The number of rotatable bonds is 11. The molecule has 2 fully saturated rings. The van der Waals surface area contributed by atoms with Crippen molar-refractivity contribution in [2.75, 3.05) is 19.6 Å². The molecule has 0 spiro atoms. The van der Waals surface area contributed by atoms with E-state index >= 15 is 0 Å². The van der Waals surface area contributed by atoms with E-state index in [1.165, 1.54) is 12.1 Å². The SMILES string of the molecule is C=C(C)c1ccc(OC2CCCC(CCC(=O)CNC3=C(C(=N)C(=O)N4C[C@@H](C)O[C@@H](C)C4)CCC3)CC2)c(F)c1F. The van der Waals surface area contributed by atoms with Gasteiger partial charge < -0.3 is 19.7 Å². The van der Waals surface area contributed by atoms with E-state index in [1.807, 2.05) is 13.8 Å². The fraction of sp³-hybridized carbons (Fsp3) is 0.606. The Hall–Kier alpha value is -3.07. The first-order valence-corrected chi connectivity index (χ1v) is 15.3. The zero-order valence-electron chi connectivity index (χ0n) is 25.2. The van der Waals surface area contributed by atoms with Crippen molar-refractivity contribution in [3.05, 3.63) is 47.2 Å². The molecule has 1 aliphatic heterocycles. The van der Waals surface area contributed by atoms with E-state index in [0.29, 0.717) is 37.4 Å². The molecule has 7 nitrogen and oxygen atoms in total. The maximum atomic E-state index is 14.5. The Balaban J connectivity index is 1.22. The van der Waals surface area contributed by atoms with Gasteiger partial charge in [-0.25, -0.2) is 4.39 Å². The van der Waals surface area contributed by atoms with E-state index in [9.17, 15) is 18.4 Å². The highest BCUT2D eigenvalue weighted by Crippen LogP contribution is 2.32. The van der Waals surface area contributed by atoms with Crippen molar-refractivity contribution in [2.24, 2.45) is 5.92 Å². The molecule has 4 atom stereocenters. The second kappa shape index (κ2) is 14.4. The second-order valence-electron chi connectivity index (χ2n) is 12.2. The Bertz CT molecular complexity index is 1220. The molecular formula is C33H45F2N3O4. The van der Waals surface area contributed by atoms with Crippen LogP contribution in [-0.4, -0.2) is 60.2 Å². The van der Waals surface area contributed by atoms with Crippen LogP contribution in [0.3, 0.4) is 0 Å². The number of nitrogens with one attached hydrogen (secondary N) is 2. The minimum atomic E-state index is -0.972. The molecular weight excluding hydrogens is 540 g/mol. The number of hydrogen-bond donors (Lipinski definition) is 2. The summed E-state index contributed by atoms with van der Waals surface area (Å²) in [7, 11) is 0. The third-order valence-electron chi connectivity index (χ3n) is 8.61. The van der Waals surface area contributed by atoms with Crippen LogP contribution < -0.4 is 10.1 Å². The summed E-state index contributed by atoms with van der Waals surface area (Å²) in [5.74, 6) is -1.75. The Morgan fingerprint density at radius 3 is 2.52 bits per heavy atom. The Labute approximate surface area is 248 Å². The molecule has 2 N–H and O–H groups in total. The first-order valence-electron chi connectivity index (χ1n) is 15.3. The molecule has 1 aromatic carbocycles. The summed E-state index contributed by atoms with van der Waals surface area (Å²) in [4.78, 5) is 27.5. The number of Topliss-reactive ketones (excluding diaryl/α,β-unsaturated/α-hetero) is 1. The summed E-state index contributed by atoms with van der Waals surface area (Å²) in [6.07, 6.45) is 7.42. The minimum Gasteiger partial charge on any atom is -0.487 e. The van der Waals surface area contributed by atoms with Crippen molar-refractivity contribution in [3.63, 3.8) is 0 Å². The topological polar surface area (TPSA) is 91.7 Å². The van der Waals surface area contributed by atoms with Crippen molar-refractivity contribution in [3.8, 4) is 5.75 Å². The Morgan fingerprint density at radius 1 is 1.07 bits per heavy atom. The molecule has 1 amide bonds. The number of carbonyl (C=O) groups excluding carboxylic acids is 2. The summed E-state index contributed by atoms with van der Waals surface area (Å²) in [5, 5.41) is 11.8. The quantitative estimate of drug-likeness (QED) is 0.233. The Morgan fingerprint density at radius 2 is 1.81 bits per heavy atom. The largest absolute Gasteiger partial charge is 0.487 e. The molecule has 1 saturated heterocycles. The van der Waals surface area contributed by atoms with Gasteiger partial charge in [-0.2, -0.15) is 4.39 Å². The van der Waals surface area contributed by atoms with Crippen molar-refractivity contribution in [1.29, 1.82) is 5.41 Å². The molecule has 2 aliphatic carbocycles. The highest BCUT2D eigenvalue weighted by molar-refractivity contribution is 6.44. The van der Waals surface area contributed by atoms with E-state index in [1.54, 1.807) is 11.8 Å². The summed E-state index contributed by atoms with van der Waals surface area (Å²) in [6.45, 7) is 10.3. The highest BCUT2D eigenvalue weighted by atomic mass is 19.2. The molecule has 1 saturated carbocycles. The fourth-order valence-electron chi connectivity index (χ4n) is 6.39. The van der Waals surface area contributed by atoms with Gasteiger partial charge in [0, 0.05) is 36.3 Å². The molecule has 0 radical (unpaired) electrons. The van der Waals surface area contributed by atoms with Crippen LogP contribution in [-0.2, 0) is 14.3 Å². The van der Waals surface area contributed by atoms with Gasteiger partial charge >= 0.3 is 0 Å². The lowest BCUT2D eigenvalue weighted by Gasteiger charge is -2.35. The second-order valence-corrected chi connectivity index (χ2v) is 12.2. The molecule has 230 valence electrons. The molecule has 3 aliphatic rings. The number of carbonyl (C=O) groups is 2. The molecule has 2 unspecified atom stereocenters. The number of ketones is 1. The molecule has 0 bridgehead atoms. The predicted molar refractivity (Wildman–Crippen MR) is 159 cm³/mol. The van der Waals surface area contributed by atoms with Crippen molar-refractivity contribution in [1.82, 2.24) is 10.2 Å². The number of morpholine rings is 1. The lowest BCUT2D eigenvalue weighted by Crippen LogP contribution is -2.50. The van der Waals surface area contributed by atoms with Crippen molar-refractivity contribution < 1.29 is 27.8 Å². The lowest BCUT2D eigenvalue weighted by molar-refractivity contribution is -0.136. The monoisotopic (exact) mass is 585 g/mol. The first kappa shape index (κ1) is 31.9. The smallest absolute Gasteiger partial charge is 0.272 e. The number of halogens is 2. The van der Waals surface area contributed by atoms with Crippen LogP contribution in [0.4, 0.5) is 8.78 Å². The van der Waals surface area contributed by atoms with Gasteiger partial charge in [0.1, 0.15) is 5.71 Å². The number of amides is 1. The summed E-state index contributed by atoms with van der Waals surface area (Å²) < 4.78 is 40.5. The number of hydrogen-bond acceptors (Lipinski definition) is 6. The van der Waals surface area contributed by atoms with E-state index in [-0.39, 0.29) is 53.6 Å². The normalized spacial score (nSPS) is 24.7. The van der Waals surface area contributed by atoms with Crippen LogP contribution in [0.25, 0.3) is 5.57 Å². The predicted octanol–water partition coefficient (Wildman–Crippen LogP) is 6.36. The van der Waals surface area contributed by atoms with E-state index in [0.717, 1.165) is 62.6 Å². The zero-order chi connectivity index (χ0) is 30.4. The number of nitrogens with zero attached hydrogens (tertiary/aromatic N) is 1. The zero-order valence-corrected chi connectivity index (χ0v) is 25.2. The maximum Gasteiger partial charge on any atom is 0.272 e. The van der Waals surface area contributed by atoms with Gasteiger partial charge in [-0.15, -0.1) is 0 Å². The lowest BCUT2D eigenvalue weighted by atomic mass is 9.94. The van der Waals surface area contributed by atoms with Crippen molar-refractivity contribution >= 4 is 23.0 Å². The summed E-state index contributed by atoms with van der Waals surface area (Å²) in [5.41, 5.74) is 2.20. The van der Waals surface area contributed by atoms with Crippen molar-refractivity contribution in [2.45, 2.75) is 103 Å². The summed E-state index contributed by atoms with van der Waals surface area (Å²) in [6, 6.07) is 2.98. The average molecular weight is 586 g/mol. The van der Waals surface area contributed by atoms with E-state index in [4.69, 9.17) is 14.9 Å². The molecule has 1 aromatic rings. The first-order chi connectivity index (χ1) is 20.0. The van der Waals surface area contributed by atoms with Crippen LogP contribution >= 0.6 is 0 Å². The molecule has 4 rings (SSSR count). The van der Waals surface area contributed by atoms with Crippen LogP contribution in [0.1, 0.15) is 90.5 Å². The van der Waals surface area contributed by atoms with Crippen LogP contribution in [0, 0.1) is 23.0 Å². The average Bonchev–Trinajstić information content (AvgIpc) is 3.30. The molecule has 0 aromatic heterocycles. The minimum absolute atomic E-state index is 0.0216. The summed E-state index contributed by atoms with van der Waals surface area (Å²) >= 11 is 0. The van der Waals surface area contributed by atoms with Gasteiger partial charge in [0.15, 0.2) is 17.3 Å². The Kier molecular flexibility index (Phi) is 10.9. The standard InChI is InChI=1S/C33H45F2N3O4/c1-20(2)26-15-16-29(31(35)30(26)34)42-25-8-5-7-23(12-14-25)11-13-24(39)17-37-28-10-6-9-27(28)32(36)33(40)38-18-21(3)41-22(4)19-38/h15-16,21-23,25,36-37H,1,5-14,17-19H2,2-4H3/t21-,22+,23?,25?. The number of benzene rings is 1. The molecule has 42 heavy (non-hydrogen) atoms. The van der Waals surface area contributed by atoms with Gasteiger partial charge in [-0.05, 0) is 95.8 Å². The van der Waals surface area contributed by atoms with Crippen LogP contribution in [0.15, 0.2) is 30.0 Å². The van der Waals surface area contributed by atoms with Gasteiger partial charge in [-0.3, -0.25) is 15.0 Å². The van der Waals surface area contributed by atoms with Gasteiger partial charge in [-0.1, -0.05) is 13.0 Å². The molecule has 9 heteroatoms. The highest BCUT2D eigenvalue weighted by Gasteiger charge is 2.31. The van der Waals surface area contributed by atoms with Crippen LogP contribution in [0.2, 0.25) is 0 Å². The third-order valence-corrected chi connectivity index (χ3v) is 8.61. The van der Waals surface area contributed by atoms with Gasteiger partial charge in [0.2, 0.25) is 5.82 Å². The number of allylic oxidation sites excluding steroid dienone is 2. The third kappa shape index (κ3) is 8.06.